The fraction of sp³-hybridized carbons (Fsp3) is 0. The van der Waals surface area contributed by atoms with Crippen molar-refractivity contribution in [3.63, 3.8) is 0 Å². The molecule has 1 heterocycles. The van der Waals surface area contributed by atoms with Crippen molar-refractivity contribution >= 4 is 23.3 Å². The van der Waals surface area contributed by atoms with Gasteiger partial charge in [0.25, 0.3) is 5.69 Å². The van der Waals surface area contributed by atoms with Gasteiger partial charge in [0.15, 0.2) is 6.29 Å². The SMILES string of the molecule is O=Cc1cnc(-c2ccccc2[N+](=O)[O-])s1. The standard InChI is InChI=1S/C10H6N2O3S/c13-6-7-5-11-10(16-7)8-3-1-2-4-9(8)12(14)15/h1-6H. The van der Waals surface area contributed by atoms with Crippen LogP contribution in [0.25, 0.3) is 10.6 Å². The van der Waals surface area contributed by atoms with Gasteiger partial charge in [0, 0.05) is 12.3 Å². The maximum Gasteiger partial charge on any atom is 0.279 e. The van der Waals surface area contributed by atoms with Crippen molar-refractivity contribution in [2.24, 2.45) is 0 Å². The van der Waals surface area contributed by atoms with Gasteiger partial charge >= 0.3 is 0 Å². The number of thiazole rings is 1. The molecule has 0 saturated carbocycles. The van der Waals surface area contributed by atoms with Crippen LogP contribution in [-0.2, 0) is 0 Å². The molecule has 0 spiro atoms. The summed E-state index contributed by atoms with van der Waals surface area (Å²) >= 11 is 1.13. The molecule has 0 aliphatic heterocycles. The van der Waals surface area contributed by atoms with Crippen LogP contribution in [0.3, 0.4) is 0 Å². The average Bonchev–Trinajstić information content (AvgIpc) is 2.77. The van der Waals surface area contributed by atoms with Crippen molar-refractivity contribution in [2.75, 3.05) is 0 Å². The van der Waals surface area contributed by atoms with E-state index >= 15 is 0 Å². The Balaban J connectivity index is 2.54. The summed E-state index contributed by atoms with van der Waals surface area (Å²) in [5.74, 6) is 0. The molecule has 0 atom stereocenters. The number of carbonyl (C=O) groups excluding carboxylic acids is 1. The molecule has 0 amide bonds. The van der Waals surface area contributed by atoms with Crippen molar-refractivity contribution in [3.8, 4) is 10.6 Å². The molecule has 0 aliphatic rings. The molecule has 16 heavy (non-hydrogen) atoms. The molecule has 0 fully saturated rings. The summed E-state index contributed by atoms with van der Waals surface area (Å²) in [6, 6.07) is 6.32. The lowest BCUT2D eigenvalue weighted by Gasteiger charge is -1.97. The summed E-state index contributed by atoms with van der Waals surface area (Å²) in [5, 5.41) is 11.3. The minimum Gasteiger partial charge on any atom is -0.297 e. The Morgan fingerprint density at radius 1 is 1.38 bits per heavy atom. The minimum absolute atomic E-state index is 0.00528. The van der Waals surface area contributed by atoms with Crippen LogP contribution in [0.1, 0.15) is 9.67 Å². The normalized spacial score (nSPS) is 10.0. The van der Waals surface area contributed by atoms with E-state index in [-0.39, 0.29) is 5.69 Å². The Morgan fingerprint density at radius 2 is 2.12 bits per heavy atom. The van der Waals surface area contributed by atoms with Gasteiger partial charge < -0.3 is 0 Å². The van der Waals surface area contributed by atoms with Crippen LogP contribution in [0.4, 0.5) is 5.69 Å². The van der Waals surface area contributed by atoms with Crippen LogP contribution < -0.4 is 0 Å². The molecular weight excluding hydrogens is 228 g/mol. The van der Waals surface area contributed by atoms with Crippen LogP contribution in [0.5, 0.6) is 0 Å². The Morgan fingerprint density at radius 3 is 2.75 bits per heavy atom. The number of carbonyl (C=O) groups is 1. The third-order valence-electron chi connectivity index (χ3n) is 1.97. The van der Waals surface area contributed by atoms with E-state index in [4.69, 9.17) is 0 Å². The number of benzene rings is 1. The molecule has 6 heteroatoms. The molecule has 1 aromatic carbocycles. The number of hydrogen-bond acceptors (Lipinski definition) is 5. The topological polar surface area (TPSA) is 73.1 Å². The lowest BCUT2D eigenvalue weighted by molar-refractivity contribution is -0.384. The number of nitro groups is 1. The summed E-state index contributed by atoms with van der Waals surface area (Å²) in [6.45, 7) is 0. The zero-order valence-electron chi connectivity index (χ0n) is 7.99. The van der Waals surface area contributed by atoms with E-state index in [2.05, 4.69) is 4.98 Å². The predicted molar refractivity (Wildman–Crippen MR) is 59.6 cm³/mol. The van der Waals surface area contributed by atoms with Gasteiger partial charge in [-0.2, -0.15) is 0 Å². The molecule has 0 bridgehead atoms. The molecule has 80 valence electrons. The van der Waals surface area contributed by atoms with Gasteiger partial charge in [0.2, 0.25) is 0 Å². The zero-order valence-corrected chi connectivity index (χ0v) is 8.81. The van der Waals surface area contributed by atoms with E-state index in [1.54, 1.807) is 18.2 Å². The van der Waals surface area contributed by atoms with Gasteiger partial charge in [-0.15, -0.1) is 11.3 Å². The van der Waals surface area contributed by atoms with Gasteiger partial charge in [-0.1, -0.05) is 12.1 Å². The van der Waals surface area contributed by atoms with Gasteiger partial charge in [-0.05, 0) is 6.07 Å². The highest BCUT2D eigenvalue weighted by Gasteiger charge is 2.16. The molecular formula is C10H6N2O3S. The summed E-state index contributed by atoms with van der Waals surface area (Å²) in [5.41, 5.74) is 0.430. The fourth-order valence-corrected chi connectivity index (χ4v) is 2.04. The van der Waals surface area contributed by atoms with Crippen molar-refractivity contribution in [2.45, 2.75) is 0 Å². The van der Waals surface area contributed by atoms with E-state index in [0.717, 1.165) is 11.3 Å². The van der Waals surface area contributed by atoms with E-state index in [0.29, 0.717) is 21.7 Å². The van der Waals surface area contributed by atoms with Crippen molar-refractivity contribution in [1.29, 1.82) is 0 Å². The number of nitro benzene ring substituents is 1. The molecule has 2 aromatic rings. The first-order chi connectivity index (χ1) is 7.72. The third-order valence-corrected chi connectivity index (χ3v) is 2.93. The van der Waals surface area contributed by atoms with Crippen LogP contribution in [0, 0.1) is 10.1 Å². The third kappa shape index (κ3) is 1.82. The number of aldehydes is 1. The second kappa shape index (κ2) is 4.19. The van der Waals surface area contributed by atoms with Crippen LogP contribution >= 0.6 is 11.3 Å². The molecule has 1 aromatic heterocycles. The molecule has 2 rings (SSSR count). The molecule has 5 nitrogen and oxygen atoms in total. The molecule has 0 N–H and O–H groups in total. The first kappa shape index (κ1) is 10.4. The second-order valence-electron chi connectivity index (χ2n) is 2.96. The fourth-order valence-electron chi connectivity index (χ4n) is 1.28. The number of hydrogen-bond donors (Lipinski definition) is 0. The number of para-hydroxylation sites is 1. The average molecular weight is 234 g/mol. The van der Waals surface area contributed by atoms with Gasteiger partial charge in [-0.25, -0.2) is 4.98 Å². The highest BCUT2D eigenvalue weighted by atomic mass is 32.1. The molecule has 0 radical (unpaired) electrons. The predicted octanol–water partition coefficient (Wildman–Crippen LogP) is 2.53. The largest absolute Gasteiger partial charge is 0.297 e. The highest BCUT2D eigenvalue weighted by molar-refractivity contribution is 7.16. The molecule has 0 saturated heterocycles. The zero-order chi connectivity index (χ0) is 11.5. The molecule has 0 aliphatic carbocycles. The number of aromatic nitrogens is 1. The first-order valence-corrected chi connectivity index (χ1v) is 5.19. The number of rotatable bonds is 3. The van der Waals surface area contributed by atoms with Crippen molar-refractivity contribution in [1.82, 2.24) is 4.98 Å². The van der Waals surface area contributed by atoms with Crippen LogP contribution in [0.2, 0.25) is 0 Å². The summed E-state index contributed by atoms with van der Waals surface area (Å²) in [6.07, 6.45) is 2.08. The van der Waals surface area contributed by atoms with Gasteiger partial charge in [0.05, 0.1) is 15.4 Å². The first-order valence-electron chi connectivity index (χ1n) is 4.37. The highest BCUT2D eigenvalue weighted by Crippen LogP contribution is 2.31. The molecule has 0 unspecified atom stereocenters. The minimum atomic E-state index is -0.461. The van der Waals surface area contributed by atoms with Crippen LogP contribution in [0.15, 0.2) is 30.5 Å². The second-order valence-corrected chi connectivity index (χ2v) is 4.02. The number of nitrogens with zero attached hydrogens (tertiary/aromatic N) is 2. The summed E-state index contributed by atoms with van der Waals surface area (Å²) < 4.78 is 0. The lowest BCUT2D eigenvalue weighted by atomic mass is 10.2. The maximum absolute atomic E-state index is 10.8. The smallest absolute Gasteiger partial charge is 0.279 e. The van der Waals surface area contributed by atoms with E-state index in [1.807, 2.05) is 0 Å². The van der Waals surface area contributed by atoms with Gasteiger partial charge in [-0.3, -0.25) is 14.9 Å². The summed E-state index contributed by atoms with van der Waals surface area (Å²) in [7, 11) is 0. The van der Waals surface area contributed by atoms with Crippen LogP contribution in [-0.4, -0.2) is 16.2 Å². The van der Waals surface area contributed by atoms with Crippen molar-refractivity contribution < 1.29 is 9.72 Å². The van der Waals surface area contributed by atoms with Crippen molar-refractivity contribution in [3.05, 3.63) is 45.5 Å². The van der Waals surface area contributed by atoms with Gasteiger partial charge in [0.1, 0.15) is 5.01 Å². The van der Waals surface area contributed by atoms with E-state index in [9.17, 15) is 14.9 Å². The summed E-state index contributed by atoms with van der Waals surface area (Å²) in [4.78, 5) is 25.3. The van der Waals surface area contributed by atoms with E-state index in [1.165, 1.54) is 12.3 Å². The Labute approximate surface area is 94.5 Å². The Bertz CT molecular complexity index is 551. The Kier molecular flexibility index (Phi) is 2.74. The lowest BCUT2D eigenvalue weighted by Crippen LogP contribution is -1.90. The quantitative estimate of drug-likeness (QED) is 0.464. The monoisotopic (exact) mass is 234 g/mol. The maximum atomic E-state index is 10.8. The van der Waals surface area contributed by atoms with E-state index < -0.39 is 4.92 Å². The Hall–Kier alpha value is -2.08.